The summed E-state index contributed by atoms with van der Waals surface area (Å²) < 4.78 is 33.0. The average molecular weight is 694 g/mol. The molecule has 12 nitrogen and oxygen atoms in total. The molecule has 2 unspecified atom stereocenters. The van der Waals surface area contributed by atoms with Gasteiger partial charge in [-0.2, -0.15) is 0 Å². The molecule has 2 aromatic rings. The molecule has 0 aromatic heterocycles. The predicted octanol–water partition coefficient (Wildman–Crippen LogP) is 6.66. The third kappa shape index (κ3) is 17.2. The summed E-state index contributed by atoms with van der Waals surface area (Å²) in [6.07, 6.45) is 1.89. The van der Waals surface area contributed by atoms with Crippen LogP contribution in [-0.4, -0.2) is 75.8 Å². The summed E-state index contributed by atoms with van der Waals surface area (Å²) in [5.41, 5.74) is 1.83. The maximum atomic E-state index is 12.5. The minimum atomic E-state index is -0.847. The lowest BCUT2D eigenvalue weighted by atomic mass is 9.87. The van der Waals surface area contributed by atoms with Crippen molar-refractivity contribution in [2.45, 2.75) is 65.1 Å². The van der Waals surface area contributed by atoms with E-state index < -0.39 is 30.4 Å². The van der Waals surface area contributed by atoms with E-state index in [1.54, 1.807) is 25.1 Å². The number of amides is 2. The smallest absolute Gasteiger partial charge is 0.407 e. The van der Waals surface area contributed by atoms with Gasteiger partial charge in [0.05, 0.1) is 0 Å². The van der Waals surface area contributed by atoms with Gasteiger partial charge < -0.3 is 39.1 Å². The zero-order valence-electron chi connectivity index (χ0n) is 29.8. The average Bonchev–Trinajstić information content (AvgIpc) is 3.08. The molecule has 3 N–H and O–H groups in total. The van der Waals surface area contributed by atoms with Gasteiger partial charge in [0.25, 0.3) is 0 Å². The number of esters is 1. The molecule has 2 rings (SSSR count). The minimum Gasteiger partial charge on any atom is -0.490 e. The molecule has 2 amide bonds. The number of unbranched alkanes of at least 4 members (excludes halogenated alkanes) is 1. The van der Waals surface area contributed by atoms with Gasteiger partial charge in [0.2, 0.25) is 5.90 Å². The number of ether oxygens (including phenoxy) is 6. The van der Waals surface area contributed by atoms with Crippen molar-refractivity contribution in [3.05, 3.63) is 96.6 Å². The number of para-hydroxylation sites is 1. The second kappa shape index (κ2) is 21.7. The van der Waals surface area contributed by atoms with Crippen LogP contribution in [0.15, 0.2) is 91.1 Å². The lowest BCUT2D eigenvalue weighted by molar-refractivity contribution is -0.142. The van der Waals surface area contributed by atoms with Crippen molar-refractivity contribution in [2.24, 2.45) is 0 Å². The lowest BCUT2D eigenvalue weighted by Gasteiger charge is -2.21. The largest absolute Gasteiger partial charge is 0.490 e. The molecule has 0 spiro atoms. The number of carbonyl (C=O) groups is 3. The Morgan fingerprint density at radius 3 is 1.88 bits per heavy atom. The second-order valence-electron chi connectivity index (χ2n) is 12.5. The fourth-order valence-corrected chi connectivity index (χ4v) is 3.91. The van der Waals surface area contributed by atoms with Crippen molar-refractivity contribution in [3.63, 3.8) is 0 Å². The Morgan fingerprint density at radius 2 is 1.32 bits per heavy atom. The van der Waals surface area contributed by atoms with Crippen LogP contribution in [0.2, 0.25) is 0 Å². The first-order chi connectivity index (χ1) is 23.7. The summed E-state index contributed by atoms with van der Waals surface area (Å²) in [7, 11) is 0. The van der Waals surface area contributed by atoms with E-state index in [0.29, 0.717) is 36.5 Å². The van der Waals surface area contributed by atoms with E-state index in [0.717, 1.165) is 5.56 Å². The van der Waals surface area contributed by atoms with Crippen LogP contribution in [0.3, 0.4) is 0 Å². The van der Waals surface area contributed by atoms with Crippen molar-refractivity contribution >= 4 is 24.1 Å². The highest BCUT2D eigenvalue weighted by Gasteiger charge is 2.20. The number of hydrogen-bond acceptors (Lipinski definition) is 10. The van der Waals surface area contributed by atoms with Gasteiger partial charge in [0.15, 0.2) is 12.2 Å². The van der Waals surface area contributed by atoms with Gasteiger partial charge in [-0.3, -0.25) is 5.41 Å². The number of carbonyl (C=O) groups excluding carboxylic acids is 3. The summed E-state index contributed by atoms with van der Waals surface area (Å²) in [5, 5.41) is 13.1. The van der Waals surface area contributed by atoms with Gasteiger partial charge in [-0.1, -0.05) is 76.4 Å². The first-order valence-electron chi connectivity index (χ1n) is 16.4. The van der Waals surface area contributed by atoms with Crippen molar-refractivity contribution in [1.29, 1.82) is 5.41 Å². The molecule has 0 saturated heterocycles. The molecule has 0 aliphatic carbocycles. The van der Waals surface area contributed by atoms with Gasteiger partial charge in [-0.25, -0.2) is 14.4 Å². The van der Waals surface area contributed by atoms with Gasteiger partial charge in [0, 0.05) is 24.2 Å². The number of nitrogens with one attached hydrogen (secondary N) is 3. The van der Waals surface area contributed by atoms with Crippen LogP contribution in [0.5, 0.6) is 11.5 Å². The van der Waals surface area contributed by atoms with Crippen LogP contribution < -0.4 is 20.1 Å². The Hall–Kier alpha value is -5.26. The molecule has 0 aliphatic rings. The molecule has 2 aromatic carbocycles. The molecule has 50 heavy (non-hydrogen) atoms. The maximum absolute atomic E-state index is 12.5. The quantitative estimate of drug-likeness (QED) is 0.0263. The van der Waals surface area contributed by atoms with Gasteiger partial charge in [-0.05, 0) is 61.9 Å². The van der Waals surface area contributed by atoms with Gasteiger partial charge in [0.1, 0.15) is 37.9 Å². The number of hydrogen-bond donors (Lipinski definition) is 3. The van der Waals surface area contributed by atoms with Crippen LogP contribution in [0.1, 0.15) is 53.0 Å². The van der Waals surface area contributed by atoms with Crippen LogP contribution in [0.4, 0.5) is 9.59 Å². The first-order valence-corrected chi connectivity index (χ1v) is 16.4. The molecular formula is C38H51N3O9. The van der Waals surface area contributed by atoms with E-state index in [1.165, 1.54) is 6.92 Å². The zero-order chi connectivity index (χ0) is 36.9. The molecule has 0 heterocycles. The Morgan fingerprint density at radius 1 is 0.760 bits per heavy atom. The normalized spacial score (nSPS) is 12.2. The first kappa shape index (κ1) is 40.9. The van der Waals surface area contributed by atoms with Crippen molar-refractivity contribution in [2.75, 3.05) is 39.5 Å². The summed E-state index contributed by atoms with van der Waals surface area (Å²) in [4.78, 5) is 36.8. The summed E-state index contributed by atoms with van der Waals surface area (Å²) in [6, 6.07) is 16.7. The monoisotopic (exact) mass is 693 g/mol. The highest BCUT2D eigenvalue weighted by Crippen LogP contribution is 2.24. The highest BCUT2D eigenvalue weighted by molar-refractivity contribution is 5.89. The van der Waals surface area contributed by atoms with Crippen LogP contribution in [0, 0.1) is 5.41 Å². The molecule has 0 saturated carbocycles. The van der Waals surface area contributed by atoms with E-state index in [9.17, 15) is 14.4 Å². The minimum absolute atomic E-state index is 0.00292. The number of rotatable bonds is 20. The van der Waals surface area contributed by atoms with E-state index in [2.05, 4.69) is 44.6 Å². The van der Waals surface area contributed by atoms with Crippen LogP contribution in [-0.2, 0) is 29.2 Å². The molecule has 0 bridgehead atoms. The van der Waals surface area contributed by atoms with Crippen molar-refractivity contribution in [3.8, 4) is 11.5 Å². The fourth-order valence-electron chi connectivity index (χ4n) is 3.91. The summed E-state index contributed by atoms with van der Waals surface area (Å²) in [5.74, 6) is 0.519. The molecule has 2 atom stereocenters. The third-order valence-corrected chi connectivity index (χ3v) is 6.78. The summed E-state index contributed by atoms with van der Waals surface area (Å²) in [6.45, 7) is 17.1. The standard InChI is InChI=1S/C38H51N3O9/c1-27(2)34(39)47-25-32(23-45-30-15-11-10-12-16-30)49-36(43)40-21-13-8-9-14-22-41-37(44)50-33(26-48-35(42)28(3)4)24-46-31-19-17-29(18-20-31)38(5,6)7/h8,10-13,15-20,32-33,39H,1,3,9,14,21-26H2,2,4-7H3,(H,40,43)(H,41,44)/b13-8+,39-34?. The number of alkyl carbamates (subject to hydrolysis) is 2. The molecule has 0 aliphatic heterocycles. The van der Waals surface area contributed by atoms with E-state index in [4.69, 9.17) is 33.8 Å². The predicted molar refractivity (Wildman–Crippen MR) is 192 cm³/mol. The van der Waals surface area contributed by atoms with Crippen LogP contribution >= 0.6 is 0 Å². The van der Waals surface area contributed by atoms with E-state index in [1.807, 2.05) is 48.5 Å². The lowest BCUT2D eigenvalue weighted by Crippen LogP contribution is -2.36. The molecule has 0 fully saturated rings. The van der Waals surface area contributed by atoms with E-state index in [-0.39, 0.29) is 49.9 Å². The molecule has 0 radical (unpaired) electrons. The van der Waals surface area contributed by atoms with Crippen LogP contribution in [0.25, 0.3) is 0 Å². The Labute approximate surface area is 295 Å². The Bertz CT molecular complexity index is 1430. The van der Waals surface area contributed by atoms with Crippen molar-refractivity contribution < 1.29 is 42.8 Å². The third-order valence-electron chi connectivity index (χ3n) is 6.78. The summed E-state index contributed by atoms with van der Waals surface area (Å²) >= 11 is 0. The second-order valence-corrected chi connectivity index (χ2v) is 12.5. The highest BCUT2D eigenvalue weighted by atomic mass is 16.6. The van der Waals surface area contributed by atoms with E-state index >= 15 is 0 Å². The van der Waals surface area contributed by atoms with Gasteiger partial charge in [-0.15, -0.1) is 0 Å². The zero-order valence-corrected chi connectivity index (χ0v) is 29.8. The van der Waals surface area contributed by atoms with Crippen molar-refractivity contribution in [1.82, 2.24) is 10.6 Å². The Balaban J connectivity index is 1.73. The molecular weight excluding hydrogens is 642 g/mol. The molecule has 12 heteroatoms. The number of allylic oxidation sites excluding steroid dienone is 1. The fraction of sp³-hybridized carbons (Fsp3) is 0.421. The SMILES string of the molecule is C=C(C)C(=N)OCC(COc1ccccc1)OC(=O)NC/C=C/CCCNC(=O)OC(COC(=O)C(=C)C)COc1ccc(C(C)(C)C)cc1. The topological polar surface area (TPSA) is 154 Å². The molecule has 272 valence electrons. The van der Waals surface area contributed by atoms with Gasteiger partial charge >= 0.3 is 18.2 Å². The Kier molecular flexibility index (Phi) is 17.7. The number of benzene rings is 2. The maximum Gasteiger partial charge on any atom is 0.407 e.